The van der Waals surface area contributed by atoms with E-state index < -0.39 is 11.7 Å². The summed E-state index contributed by atoms with van der Waals surface area (Å²) in [7, 11) is 3.28. The predicted molar refractivity (Wildman–Crippen MR) is 103 cm³/mol. The van der Waals surface area contributed by atoms with Crippen LogP contribution in [-0.4, -0.2) is 59.1 Å². The summed E-state index contributed by atoms with van der Waals surface area (Å²) in [4.78, 5) is 4.12. The van der Waals surface area contributed by atoms with Gasteiger partial charge in [0.25, 0.3) is 0 Å². The van der Waals surface area contributed by atoms with Crippen molar-refractivity contribution in [2.75, 3.05) is 47.1 Å². The molecule has 0 heterocycles. The quantitative estimate of drug-likeness (QED) is 0.318. The largest absolute Gasteiger partial charge is 0.489 e. The molecule has 1 aromatic rings. The first kappa shape index (κ1) is 24.0. The average Bonchev–Trinajstić information content (AvgIpc) is 2.68. The second-order valence-corrected chi connectivity index (χ2v) is 6.01. The molecule has 0 radical (unpaired) electrons. The number of halogens is 3. The van der Waals surface area contributed by atoms with Crippen LogP contribution in [0.4, 0.5) is 13.2 Å². The summed E-state index contributed by atoms with van der Waals surface area (Å²) in [6.45, 7) is 4.75. The number of benzene rings is 1. The van der Waals surface area contributed by atoms with Gasteiger partial charge in [0.1, 0.15) is 11.9 Å². The first-order chi connectivity index (χ1) is 13.4. The van der Waals surface area contributed by atoms with Crippen molar-refractivity contribution < 1.29 is 27.4 Å². The summed E-state index contributed by atoms with van der Waals surface area (Å²) in [5.41, 5.74) is -0.724. The van der Waals surface area contributed by atoms with Crippen LogP contribution in [0.5, 0.6) is 5.75 Å². The van der Waals surface area contributed by atoms with E-state index in [0.717, 1.165) is 18.6 Å². The van der Waals surface area contributed by atoms with E-state index in [1.807, 2.05) is 6.92 Å². The van der Waals surface area contributed by atoms with E-state index in [2.05, 4.69) is 15.6 Å². The Morgan fingerprint density at radius 1 is 1.18 bits per heavy atom. The van der Waals surface area contributed by atoms with E-state index in [-0.39, 0.29) is 11.9 Å². The topological polar surface area (TPSA) is 64.1 Å². The second-order valence-electron chi connectivity index (χ2n) is 6.01. The molecule has 0 aliphatic carbocycles. The van der Waals surface area contributed by atoms with E-state index in [9.17, 15) is 13.2 Å². The third-order valence-electron chi connectivity index (χ3n) is 3.83. The first-order valence-corrected chi connectivity index (χ1v) is 9.25. The Morgan fingerprint density at radius 2 is 1.96 bits per heavy atom. The zero-order chi connectivity index (χ0) is 20.8. The van der Waals surface area contributed by atoms with Crippen molar-refractivity contribution >= 4 is 5.96 Å². The van der Waals surface area contributed by atoms with Crippen LogP contribution in [0.2, 0.25) is 0 Å². The van der Waals surface area contributed by atoms with Crippen LogP contribution in [-0.2, 0) is 15.7 Å². The Bertz CT molecular complexity index is 583. The molecule has 9 heteroatoms. The maximum atomic E-state index is 12.8. The van der Waals surface area contributed by atoms with E-state index in [1.165, 1.54) is 12.1 Å². The maximum Gasteiger partial charge on any atom is 0.416 e. The minimum absolute atomic E-state index is 0.194. The van der Waals surface area contributed by atoms with Crippen molar-refractivity contribution in [1.29, 1.82) is 0 Å². The molecule has 0 saturated carbocycles. The van der Waals surface area contributed by atoms with Crippen LogP contribution < -0.4 is 15.4 Å². The Hall–Kier alpha value is -2.00. The highest BCUT2D eigenvalue weighted by Crippen LogP contribution is 2.31. The van der Waals surface area contributed by atoms with Gasteiger partial charge < -0.3 is 24.8 Å². The molecule has 6 nitrogen and oxygen atoms in total. The smallest absolute Gasteiger partial charge is 0.416 e. The van der Waals surface area contributed by atoms with E-state index in [1.54, 1.807) is 14.2 Å². The Labute approximate surface area is 164 Å². The summed E-state index contributed by atoms with van der Waals surface area (Å²) >= 11 is 0. The van der Waals surface area contributed by atoms with Crippen LogP contribution in [0.1, 0.15) is 25.3 Å². The number of hydrogen-bond donors (Lipinski definition) is 2. The molecular weight excluding hydrogens is 375 g/mol. The molecule has 160 valence electrons. The van der Waals surface area contributed by atoms with E-state index in [0.29, 0.717) is 45.3 Å². The van der Waals surface area contributed by atoms with Gasteiger partial charge in [-0.05, 0) is 31.0 Å². The monoisotopic (exact) mass is 405 g/mol. The van der Waals surface area contributed by atoms with Gasteiger partial charge in [-0.15, -0.1) is 0 Å². The number of hydrogen-bond acceptors (Lipinski definition) is 4. The van der Waals surface area contributed by atoms with Crippen LogP contribution in [0, 0.1) is 0 Å². The fourth-order valence-corrected chi connectivity index (χ4v) is 2.26. The number of guanidine groups is 1. The minimum atomic E-state index is -4.39. The fraction of sp³-hybridized carbons (Fsp3) is 0.632. The van der Waals surface area contributed by atoms with Crippen LogP contribution in [0.25, 0.3) is 0 Å². The van der Waals surface area contributed by atoms with Gasteiger partial charge in [0.2, 0.25) is 0 Å². The lowest BCUT2D eigenvalue weighted by Crippen LogP contribution is -2.42. The minimum Gasteiger partial charge on any atom is -0.489 e. The molecule has 1 unspecified atom stereocenters. The molecule has 28 heavy (non-hydrogen) atoms. The first-order valence-electron chi connectivity index (χ1n) is 9.25. The number of rotatable bonds is 12. The van der Waals surface area contributed by atoms with Crippen molar-refractivity contribution in [3.8, 4) is 5.75 Å². The van der Waals surface area contributed by atoms with Crippen molar-refractivity contribution in [2.24, 2.45) is 4.99 Å². The second kappa shape index (κ2) is 13.2. The molecule has 0 amide bonds. The van der Waals surface area contributed by atoms with Gasteiger partial charge in [-0.3, -0.25) is 4.99 Å². The maximum absolute atomic E-state index is 12.8. The molecule has 0 aliphatic heterocycles. The lowest BCUT2D eigenvalue weighted by Gasteiger charge is -2.20. The third kappa shape index (κ3) is 9.80. The number of aliphatic imine (C=N–C) groups is 1. The summed E-state index contributed by atoms with van der Waals surface area (Å²) in [5, 5.41) is 6.28. The van der Waals surface area contributed by atoms with Gasteiger partial charge in [-0.2, -0.15) is 13.2 Å². The predicted octanol–water partition coefficient (Wildman–Crippen LogP) is 3.08. The summed E-state index contributed by atoms with van der Waals surface area (Å²) in [6.07, 6.45) is -3.24. The fourth-order valence-electron chi connectivity index (χ4n) is 2.26. The van der Waals surface area contributed by atoms with Gasteiger partial charge in [-0.25, -0.2) is 0 Å². The zero-order valence-electron chi connectivity index (χ0n) is 16.6. The number of nitrogens with zero attached hydrogens (tertiary/aromatic N) is 1. The molecule has 0 fully saturated rings. The number of alkyl halides is 3. The van der Waals surface area contributed by atoms with Gasteiger partial charge in [0.05, 0.1) is 25.3 Å². The zero-order valence-corrected chi connectivity index (χ0v) is 16.6. The molecule has 1 aromatic carbocycles. The molecule has 0 bridgehead atoms. The molecule has 1 atom stereocenters. The van der Waals surface area contributed by atoms with Crippen molar-refractivity contribution in [1.82, 2.24) is 10.6 Å². The molecule has 0 spiro atoms. The highest BCUT2D eigenvalue weighted by Gasteiger charge is 2.30. The molecular formula is C19H30F3N3O3. The van der Waals surface area contributed by atoms with Gasteiger partial charge in [0.15, 0.2) is 5.96 Å². The Morgan fingerprint density at radius 3 is 2.61 bits per heavy atom. The van der Waals surface area contributed by atoms with Crippen LogP contribution in [0.15, 0.2) is 29.3 Å². The summed E-state index contributed by atoms with van der Waals surface area (Å²) in [6, 6.07) is 4.90. The Kier molecular flexibility index (Phi) is 11.4. The lowest BCUT2D eigenvalue weighted by molar-refractivity contribution is -0.137. The molecule has 1 rings (SSSR count). The summed E-state index contributed by atoms with van der Waals surface area (Å²) in [5.74, 6) is 0.794. The van der Waals surface area contributed by atoms with Gasteiger partial charge >= 0.3 is 6.18 Å². The van der Waals surface area contributed by atoms with E-state index in [4.69, 9.17) is 14.2 Å². The highest BCUT2D eigenvalue weighted by atomic mass is 19.4. The van der Waals surface area contributed by atoms with Crippen molar-refractivity contribution in [3.63, 3.8) is 0 Å². The molecule has 0 saturated heterocycles. The standard InChI is InChI=1S/C19H30F3N3O3/c1-4-16(28-17-8-5-7-15(13-17)19(20,21)22)14-25-18(23-2)24-9-6-10-27-12-11-26-3/h5,7-8,13,16H,4,6,9-12,14H2,1-3H3,(H2,23,24,25). The SMILES string of the molecule is CCC(CNC(=NC)NCCCOCCOC)Oc1cccc(C(F)(F)F)c1. The van der Waals surface area contributed by atoms with Crippen LogP contribution >= 0.6 is 0 Å². The molecule has 0 aliphatic rings. The van der Waals surface area contributed by atoms with Crippen molar-refractivity contribution in [2.45, 2.75) is 32.0 Å². The summed E-state index contributed by atoms with van der Waals surface area (Å²) < 4.78 is 54.4. The highest BCUT2D eigenvalue weighted by molar-refractivity contribution is 5.79. The molecule has 2 N–H and O–H groups in total. The normalized spacial score (nSPS) is 13.3. The lowest BCUT2D eigenvalue weighted by atomic mass is 10.2. The van der Waals surface area contributed by atoms with Crippen LogP contribution in [0.3, 0.4) is 0 Å². The van der Waals surface area contributed by atoms with E-state index >= 15 is 0 Å². The number of nitrogens with one attached hydrogen (secondary N) is 2. The van der Waals surface area contributed by atoms with Crippen molar-refractivity contribution in [3.05, 3.63) is 29.8 Å². The average molecular weight is 405 g/mol. The third-order valence-corrected chi connectivity index (χ3v) is 3.83. The van der Waals surface area contributed by atoms with Gasteiger partial charge in [-0.1, -0.05) is 13.0 Å². The molecule has 0 aromatic heterocycles. The number of methoxy groups -OCH3 is 1. The van der Waals surface area contributed by atoms with Gasteiger partial charge in [0, 0.05) is 27.3 Å². The number of ether oxygens (including phenoxy) is 3. The Balaban J connectivity index is 2.39.